The summed E-state index contributed by atoms with van der Waals surface area (Å²) in [7, 11) is 1.67. The van der Waals surface area contributed by atoms with Crippen molar-refractivity contribution in [3.8, 4) is 5.75 Å². The molecule has 1 aromatic carbocycles. The van der Waals surface area contributed by atoms with Crippen molar-refractivity contribution in [3.63, 3.8) is 0 Å². The number of hydrogen-bond donors (Lipinski definition) is 2. The van der Waals surface area contributed by atoms with E-state index >= 15 is 0 Å². The minimum atomic E-state index is -0.418. The summed E-state index contributed by atoms with van der Waals surface area (Å²) in [5.74, 6) is 1.26. The van der Waals surface area contributed by atoms with Crippen LogP contribution in [0.15, 0.2) is 35.3 Å². The standard InChI is InChI=1S/C20H27N5O3/c1-14(2)12-21-18(26)15-13-22-20(23-19(15)27)25-10-8-24(9-11-25)16-6-4-5-7-17(16)28-3/h4-7,13-14H,8-12H2,1-3H3,(H,21,26)(H,22,23,27). The zero-order chi connectivity index (χ0) is 20.1. The Bertz CT molecular complexity index is 872. The first-order chi connectivity index (χ1) is 13.5. The largest absolute Gasteiger partial charge is 0.495 e. The van der Waals surface area contributed by atoms with Crippen molar-refractivity contribution in [3.05, 3.63) is 46.4 Å². The van der Waals surface area contributed by atoms with Crippen molar-refractivity contribution in [2.24, 2.45) is 5.92 Å². The first-order valence-electron chi connectivity index (χ1n) is 9.50. The summed E-state index contributed by atoms with van der Waals surface area (Å²) in [6.45, 7) is 7.49. The van der Waals surface area contributed by atoms with Gasteiger partial charge in [0.25, 0.3) is 11.5 Å². The zero-order valence-electron chi connectivity index (χ0n) is 16.6. The second-order valence-corrected chi connectivity index (χ2v) is 7.20. The molecule has 0 radical (unpaired) electrons. The first-order valence-corrected chi connectivity index (χ1v) is 9.50. The van der Waals surface area contributed by atoms with E-state index in [0.717, 1.165) is 24.5 Å². The third-order valence-electron chi connectivity index (χ3n) is 4.71. The molecule has 150 valence electrons. The maximum absolute atomic E-state index is 12.3. The molecular weight excluding hydrogens is 358 g/mol. The Labute approximate surface area is 164 Å². The molecule has 0 saturated carbocycles. The van der Waals surface area contributed by atoms with E-state index in [4.69, 9.17) is 4.74 Å². The van der Waals surface area contributed by atoms with E-state index in [1.165, 1.54) is 6.20 Å². The van der Waals surface area contributed by atoms with Crippen LogP contribution in [0.25, 0.3) is 0 Å². The number of methoxy groups -OCH3 is 1. The van der Waals surface area contributed by atoms with Gasteiger partial charge in [-0.1, -0.05) is 26.0 Å². The number of amides is 1. The third kappa shape index (κ3) is 4.44. The van der Waals surface area contributed by atoms with Gasteiger partial charge in [0.15, 0.2) is 0 Å². The fraction of sp³-hybridized carbons (Fsp3) is 0.450. The monoisotopic (exact) mass is 385 g/mol. The molecule has 8 nitrogen and oxygen atoms in total. The number of aromatic nitrogens is 2. The summed E-state index contributed by atoms with van der Waals surface area (Å²) in [6.07, 6.45) is 1.36. The predicted molar refractivity (Wildman–Crippen MR) is 109 cm³/mol. The fourth-order valence-corrected chi connectivity index (χ4v) is 3.15. The van der Waals surface area contributed by atoms with E-state index < -0.39 is 11.5 Å². The van der Waals surface area contributed by atoms with Crippen LogP contribution in [0.2, 0.25) is 0 Å². The molecule has 0 bridgehead atoms. The number of carbonyl (C=O) groups excluding carboxylic acids is 1. The van der Waals surface area contributed by atoms with Crippen molar-refractivity contribution in [2.45, 2.75) is 13.8 Å². The van der Waals surface area contributed by atoms with Crippen LogP contribution in [0.1, 0.15) is 24.2 Å². The molecule has 0 spiro atoms. The number of ether oxygens (including phenoxy) is 1. The maximum atomic E-state index is 12.3. The maximum Gasteiger partial charge on any atom is 0.265 e. The van der Waals surface area contributed by atoms with E-state index in [-0.39, 0.29) is 5.56 Å². The van der Waals surface area contributed by atoms with Gasteiger partial charge >= 0.3 is 0 Å². The summed E-state index contributed by atoms with van der Waals surface area (Å²) in [5.41, 5.74) is 0.679. The van der Waals surface area contributed by atoms with Gasteiger partial charge in [-0.25, -0.2) is 4.98 Å². The quantitative estimate of drug-likeness (QED) is 0.783. The summed E-state index contributed by atoms with van der Waals surface area (Å²) in [5, 5.41) is 2.74. The zero-order valence-corrected chi connectivity index (χ0v) is 16.6. The Hall–Kier alpha value is -3.03. The lowest BCUT2D eigenvalue weighted by atomic mass is 10.2. The number of benzene rings is 1. The molecule has 1 amide bonds. The van der Waals surface area contributed by atoms with Crippen LogP contribution < -0.4 is 25.4 Å². The Morgan fingerprint density at radius 1 is 1.21 bits per heavy atom. The average Bonchev–Trinajstić information content (AvgIpc) is 2.72. The van der Waals surface area contributed by atoms with E-state index in [2.05, 4.69) is 20.2 Å². The number of para-hydroxylation sites is 2. The molecule has 3 rings (SSSR count). The highest BCUT2D eigenvalue weighted by atomic mass is 16.5. The highest BCUT2D eigenvalue weighted by molar-refractivity contribution is 5.93. The van der Waals surface area contributed by atoms with E-state index in [9.17, 15) is 9.59 Å². The molecule has 1 aliphatic rings. The third-order valence-corrected chi connectivity index (χ3v) is 4.71. The summed E-state index contributed by atoms with van der Waals surface area (Å²) < 4.78 is 5.44. The lowest BCUT2D eigenvalue weighted by molar-refractivity contribution is 0.0947. The second-order valence-electron chi connectivity index (χ2n) is 7.20. The average molecular weight is 385 g/mol. The van der Waals surface area contributed by atoms with Gasteiger partial charge in [0.05, 0.1) is 12.8 Å². The van der Waals surface area contributed by atoms with Gasteiger partial charge in [-0.2, -0.15) is 0 Å². The molecule has 0 unspecified atom stereocenters. The van der Waals surface area contributed by atoms with Crippen molar-refractivity contribution in [2.75, 3.05) is 49.6 Å². The molecule has 0 aliphatic carbocycles. The van der Waals surface area contributed by atoms with Gasteiger partial charge in [-0.3, -0.25) is 14.6 Å². The molecular formula is C20H27N5O3. The molecule has 8 heteroatoms. The van der Waals surface area contributed by atoms with E-state index in [1.54, 1.807) is 7.11 Å². The summed E-state index contributed by atoms with van der Waals surface area (Å²) in [6, 6.07) is 7.93. The van der Waals surface area contributed by atoms with E-state index in [1.807, 2.05) is 43.0 Å². The van der Waals surface area contributed by atoms with Gasteiger partial charge < -0.3 is 19.9 Å². The van der Waals surface area contributed by atoms with Crippen molar-refractivity contribution in [1.82, 2.24) is 15.3 Å². The first kappa shape index (κ1) is 19.7. The van der Waals surface area contributed by atoms with Crippen LogP contribution in [0.5, 0.6) is 5.75 Å². The highest BCUT2D eigenvalue weighted by Gasteiger charge is 2.22. The summed E-state index contributed by atoms with van der Waals surface area (Å²) in [4.78, 5) is 35.8. The Morgan fingerprint density at radius 3 is 2.54 bits per heavy atom. The number of nitrogens with zero attached hydrogens (tertiary/aromatic N) is 3. The Morgan fingerprint density at radius 2 is 1.89 bits per heavy atom. The smallest absolute Gasteiger partial charge is 0.265 e. The summed E-state index contributed by atoms with van der Waals surface area (Å²) >= 11 is 0. The number of hydrogen-bond acceptors (Lipinski definition) is 6. The molecule has 2 N–H and O–H groups in total. The Balaban J connectivity index is 1.65. The molecule has 2 heterocycles. The second kappa shape index (κ2) is 8.77. The number of rotatable bonds is 6. The van der Waals surface area contributed by atoms with Gasteiger partial charge in [-0.15, -0.1) is 0 Å². The SMILES string of the molecule is COc1ccccc1N1CCN(c2ncc(C(=O)NCC(C)C)c(=O)[nH]2)CC1. The number of H-pyrrole nitrogens is 1. The lowest BCUT2D eigenvalue weighted by Crippen LogP contribution is -2.47. The fourth-order valence-electron chi connectivity index (χ4n) is 3.15. The molecule has 28 heavy (non-hydrogen) atoms. The molecule has 1 aliphatic heterocycles. The lowest BCUT2D eigenvalue weighted by Gasteiger charge is -2.36. The van der Waals surface area contributed by atoms with Crippen LogP contribution in [0.4, 0.5) is 11.6 Å². The van der Waals surface area contributed by atoms with Gasteiger partial charge in [0.1, 0.15) is 11.3 Å². The van der Waals surface area contributed by atoms with Crippen LogP contribution in [0, 0.1) is 5.92 Å². The number of nitrogens with one attached hydrogen (secondary N) is 2. The van der Waals surface area contributed by atoms with Crippen LogP contribution in [-0.2, 0) is 0 Å². The number of carbonyl (C=O) groups is 1. The van der Waals surface area contributed by atoms with Gasteiger partial charge in [0, 0.05) is 38.9 Å². The predicted octanol–water partition coefficient (Wildman–Crippen LogP) is 1.49. The van der Waals surface area contributed by atoms with Crippen molar-refractivity contribution < 1.29 is 9.53 Å². The van der Waals surface area contributed by atoms with Gasteiger partial charge in [-0.05, 0) is 18.1 Å². The number of piperazine rings is 1. The highest BCUT2D eigenvalue weighted by Crippen LogP contribution is 2.28. The number of anilines is 2. The van der Waals surface area contributed by atoms with Crippen LogP contribution in [0.3, 0.4) is 0 Å². The Kier molecular flexibility index (Phi) is 6.18. The van der Waals surface area contributed by atoms with Crippen molar-refractivity contribution in [1.29, 1.82) is 0 Å². The number of aromatic amines is 1. The van der Waals surface area contributed by atoms with Crippen LogP contribution >= 0.6 is 0 Å². The molecule has 2 aromatic rings. The topological polar surface area (TPSA) is 90.6 Å². The molecule has 1 aromatic heterocycles. The molecule has 0 atom stereocenters. The normalized spacial score (nSPS) is 14.3. The van der Waals surface area contributed by atoms with E-state index in [0.29, 0.717) is 31.5 Å². The van der Waals surface area contributed by atoms with Crippen molar-refractivity contribution >= 4 is 17.5 Å². The minimum Gasteiger partial charge on any atom is -0.495 e. The van der Waals surface area contributed by atoms with Crippen LogP contribution in [-0.4, -0.2) is 55.7 Å². The molecule has 1 saturated heterocycles. The van der Waals surface area contributed by atoms with Gasteiger partial charge in [0.2, 0.25) is 5.95 Å². The minimum absolute atomic E-state index is 0.0389. The molecule has 1 fully saturated rings.